The van der Waals surface area contributed by atoms with Crippen LogP contribution in [-0.4, -0.2) is 31.1 Å². The molecule has 2 atom stereocenters. The van der Waals surface area contributed by atoms with Gasteiger partial charge in [0, 0.05) is 24.8 Å². The zero-order chi connectivity index (χ0) is 13.8. The molecule has 0 aromatic heterocycles. The molecule has 0 radical (unpaired) electrons. The fraction of sp³-hybridized carbons (Fsp3) is 0.429. The highest BCUT2D eigenvalue weighted by Gasteiger charge is 2.31. The Morgan fingerprint density at radius 2 is 2.37 bits per heavy atom. The maximum Gasteiger partial charge on any atom is 0.244 e. The lowest BCUT2D eigenvalue weighted by atomic mass is 10.1. The first-order chi connectivity index (χ1) is 9.17. The first-order valence-electron chi connectivity index (χ1n) is 6.43. The fourth-order valence-electron chi connectivity index (χ4n) is 2.49. The van der Waals surface area contributed by atoms with Gasteiger partial charge in [0.25, 0.3) is 0 Å². The minimum absolute atomic E-state index is 0.0470. The van der Waals surface area contributed by atoms with Crippen LogP contribution in [0.2, 0.25) is 0 Å². The average Bonchev–Trinajstić information content (AvgIpc) is 2.57. The maximum absolute atomic E-state index is 12.0. The molecule has 1 saturated heterocycles. The van der Waals surface area contributed by atoms with Crippen molar-refractivity contribution < 1.29 is 4.79 Å². The van der Waals surface area contributed by atoms with Gasteiger partial charge in [-0.1, -0.05) is 6.07 Å². The number of rotatable bonds is 2. The third kappa shape index (κ3) is 2.69. The van der Waals surface area contributed by atoms with E-state index in [1.807, 2.05) is 17.0 Å². The van der Waals surface area contributed by atoms with E-state index in [-0.39, 0.29) is 24.5 Å². The van der Waals surface area contributed by atoms with Gasteiger partial charge >= 0.3 is 0 Å². The maximum atomic E-state index is 12.0. The minimum atomic E-state index is -0.383. The van der Waals surface area contributed by atoms with Crippen LogP contribution in [0.3, 0.4) is 0 Å². The van der Waals surface area contributed by atoms with Crippen molar-refractivity contribution in [1.82, 2.24) is 5.32 Å². The number of benzene rings is 1. The molecular formula is C14H18N4O. The predicted molar refractivity (Wildman–Crippen MR) is 73.6 cm³/mol. The number of nitrogens with one attached hydrogen (secondary N) is 1. The van der Waals surface area contributed by atoms with Crippen LogP contribution in [0.15, 0.2) is 24.3 Å². The van der Waals surface area contributed by atoms with Gasteiger partial charge in [0.2, 0.25) is 5.91 Å². The van der Waals surface area contributed by atoms with Crippen LogP contribution in [0.1, 0.15) is 18.9 Å². The Hall–Kier alpha value is -2.06. The molecule has 5 heteroatoms. The molecule has 100 valence electrons. The van der Waals surface area contributed by atoms with Gasteiger partial charge in [-0.2, -0.15) is 5.26 Å². The number of carbonyl (C=O) groups excluding carboxylic acids is 1. The van der Waals surface area contributed by atoms with E-state index in [9.17, 15) is 4.79 Å². The van der Waals surface area contributed by atoms with Crippen molar-refractivity contribution in [2.75, 3.05) is 18.0 Å². The number of amides is 1. The monoisotopic (exact) mass is 258 g/mol. The molecule has 5 nitrogen and oxygen atoms in total. The minimum Gasteiger partial charge on any atom is -0.356 e. The van der Waals surface area contributed by atoms with E-state index in [1.54, 1.807) is 12.1 Å². The SMILES string of the molecule is CC1CCNC(=O)C(CN)N1c1cccc(C#N)c1. The molecule has 1 fully saturated rings. The fourth-order valence-corrected chi connectivity index (χ4v) is 2.49. The summed E-state index contributed by atoms with van der Waals surface area (Å²) in [7, 11) is 0. The van der Waals surface area contributed by atoms with Crippen molar-refractivity contribution in [3.63, 3.8) is 0 Å². The van der Waals surface area contributed by atoms with E-state index in [0.29, 0.717) is 12.1 Å². The smallest absolute Gasteiger partial charge is 0.244 e. The summed E-state index contributed by atoms with van der Waals surface area (Å²) >= 11 is 0. The van der Waals surface area contributed by atoms with Crippen LogP contribution in [-0.2, 0) is 4.79 Å². The van der Waals surface area contributed by atoms with Crippen molar-refractivity contribution >= 4 is 11.6 Å². The number of hydrogen-bond acceptors (Lipinski definition) is 4. The first-order valence-corrected chi connectivity index (χ1v) is 6.43. The molecule has 1 heterocycles. The molecule has 1 aromatic carbocycles. The summed E-state index contributed by atoms with van der Waals surface area (Å²) < 4.78 is 0. The molecule has 0 bridgehead atoms. The van der Waals surface area contributed by atoms with Gasteiger partial charge in [-0.15, -0.1) is 0 Å². The largest absolute Gasteiger partial charge is 0.356 e. The molecule has 1 amide bonds. The van der Waals surface area contributed by atoms with Crippen LogP contribution >= 0.6 is 0 Å². The van der Waals surface area contributed by atoms with Crippen molar-refractivity contribution in [3.8, 4) is 6.07 Å². The van der Waals surface area contributed by atoms with Crippen LogP contribution < -0.4 is 16.0 Å². The van der Waals surface area contributed by atoms with Gasteiger partial charge in [0.1, 0.15) is 6.04 Å². The molecule has 3 N–H and O–H groups in total. The van der Waals surface area contributed by atoms with Crippen LogP contribution in [0.5, 0.6) is 0 Å². The summed E-state index contributed by atoms with van der Waals surface area (Å²) in [6, 6.07) is 9.24. The lowest BCUT2D eigenvalue weighted by Crippen LogP contribution is -2.51. The molecule has 0 saturated carbocycles. The number of hydrogen-bond donors (Lipinski definition) is 2. The number of anilines is 1. The second-order valence-corrected chi connectivity index (χ2v) is 4.75. The normalized spacial score (nSPS) is 23.4. The Morgan fingerprint density at radius 3 is 3.05 bits per heavy atom. The summed E-state index contributed by atoms with van der Waals surface area (Å²) in [5.74, 6) is -0.0470. The lowest BCUT2D eigenvalue weighted by molar-refractivity contribution is -0.121. The highest BCUT2D eigenvalue weighted by Crippen LogP contribution is 2.24. The molecule has 1 aliphatic rings. The molecule has 2 rings (SSSR count). The molecule has 19 heavy (non-hydrogen) atoms. The average molecular weight is 258 g/mol. The van der Waals surface area contributed by atoms with Crippen LogP contribution in [0, 0.1) is 11.3 Å². The van der Waals surface area contributed by atoms with E-state index < -0.39 is 0 Å². The molecule has 2 unspecified atom stereocenters. The highest BCUT2D eigenvalue weighted by atomic mass is 16.2. The van der Waals surface area contributed by atoms with Crippen molar-refractivity contribution in [1.29, 1.82) is 5.26 Å². The van der Waals surface area contributed by atoms with Gasteiger partial charge in [0.15, 0.2) is 0 Å². The Morgan fingerprint density at radius 1 is 1.58 bits per heavy atom. The second kappa shape index (κ2) is 5.72. The summed E-state index contributed by atoms with van der Waals surface area (Å²) in [5.41, 5.74) is 7.22. The third-order valence-corrected chi connectivity index (χ3v) is 3.47. The summed E-state index contributed by atoms with van der Waals surface area (Å²) in [4.78, 5) is 14.0. The summed E-state index contributed by atoms with van der Waals surface area (Å²) in [6.45, 7) is 2.99. The zero-order valence-electron chi connectivity index (χ0n) is 11.0. The van der Waals surface area contributed by atoms with E-state index in [1.165, 1.54) is 0 Å². The number of nitrogens with two attached hydrogens (primary N) is 1. The topological polar surface area (TPSA) is 82.2 Å². The van der Waals surface area contributed by atoms with Gasteiger partial charge < -0.3 is 16.0 Å². The zero-order valence-corrected chi connectivity index (χ0v) is 11.0. The summed E-state index contributed by atoms with van der Waals surface area (Å²) in [6.07, 6.45) is 0.860. The molecular weight excluding hydrogens is 240 g/mol. The van der Waals surface area contributed by atoms with Gasteiger partial charge in [-0.05, 0) is 31.5 Å². The Balaban J connectivity index is 2.41. The van der Waals surface area contributed by atoms with Gasteiger partial charge in [0.05, 0.1) is 11.6 Å². The predicted octanol–water partition coefficient (Wildman–Crippen LogP) is 0.600. The van der Waals surface area contributed by atoms with Crippen LogP contribution in [0.25, 0.3) is 0 Å². The highest BCUT2D eigenvalue weighted by molar-refractivity contribution is 5.86. The molecule has 1 aromatic rings. The van der Waals surface area contributed by atoms with E-state index in [0.717, 1.165) is 12.1 Å². The van der Waals surface area contributed by atoms with Crippen molar-refractivity contribution in [2.24, 2.45) is 5.73 Å². The molecule has 0 spiro atoms. The lowest BCUT2D eigenvalue weighted by Gasteiger charge is -2.34. The van der Waals surface area contributed by atoms with Crippen molar-refractivity contribution in [3.05, 3.63) is 29.8 Å². The van der Waals surface area contributed by atoms with Crippen molar-refractivity contribution in [2.45, 2.75) is 25.4 Å². The Labute approximate surface area is 113 Å². The second-order valence-electron chi connectivity index (χ2n) is 4.75. The summed E-state index contributed by atoms with van der Waals surface area (Å²) in [5, 5.41) is 11.9. The standard InChI is InChI=1S/C14H18N4O/c1-10-5-6-17-14(19)13(9-16)18(10)12-4-2-3-11(7-12)8-15/h2-4,7,10,13H,5-6,9,16H2,1H3,(H,17,19). The van der Waals surface area contributed by atoms with Gasteiger partial charge in [-0.3, -0.25) is 4.79 Å². The number of nitrogens with zero attached hydrogens (tertiary/aromatic N) is 2. The quantitative estimate of drug-likeness (QED) is 0.814. The first kappa shape index (κ1) is 13.4. The van der Waals surface area contributed by atoms with E-state index in [4.69, 9.17) is 11.0 Å². The van der Waals surface area contributed by atoms with Gasteiger partial charge in [-0.25, -0.2) is 0 Å². The third-order valence-electron chi connectivity index (χ3n) is 3.47. The van der Waals surface area contributed by atoms with E-state index in [2.05, 4.69) is 18.3 Å². The molecule has 0 aliphatic carbocycles. The Kier molecular flexibility index (Phi) is 4.03. The number of nitriles is 1. The molecule has 1 aliphatic heterocycles. The number of carbonyl (C=O) groups is 1. The van der Waals surface area contributed by atoms with E-state index >= 15 is 0 Å². The Bertz CT molecular complexity index is 508. The van der Waals surface area contributed by atoms with Crippen LogP contribution in [0.4, 0.5) is 5.69 Å².